The maximum atomic E-state index is 10.8. The highest BCUT2D eigenvalue weighted by Gasteiger charge is 2.19. The number of hydrogen-bond donors (Lipinski definition) is 0. The molecule has 0 aromatic carbocycles. The molecule has 0 N–H and O–H groups in total. The molecule has 6 heteroatoms. The molecule has 2 heterocycles. The molecule has 0 saturated carbocycles. The maximum Gasteiger partial charge on any atom is 0.299 e. The van der Waals surface area contributed by atoms with Crippen LogP contribution in [0.4, 0.5) is 5.69 Å². The van der Waals surface area contributed by atoms with Gasteiger partial charge in [0.25, 0.3) is 5.69 Å². The fraction of sp³-hybridized carbons (Fsp3) is 0. The van der Waals surface area contributed by atoms with Gasteiger partial charge < -0.3 is 4.42 Å². The van der Waals surface area contributed by atoms with Crippen molar-refractivity contribution in [3.8, 4) is 11.5 Å². The van der Waals surface area contributed by atoms with Gasteiger partial charge >= 0.3 is 0 Å². The minimum absolute atomic E-state index is 0.0840. The van der Waals surface area contributed by atoms with Gasteiger partial charge in [0.15, 0.2) is 11.5 Å². The van der Waals surface area contributed by atoms with Crippen molar-refractivity contribution in [3.63, 3.8) is 0 Å². The lowest BCUT2D eigenvalue weighted by molar-refractivity contribution is -0.384. The highest BCUT2D eigenvalue weighted by Crippen LogP contribution is 2.29. The topological polar surface area (TPSA) is 69.2 Å². The van der Waals surface area contributed by atoms with Crippen LogP contribution in [0.25, 0.3) is 11.5 Å². The average Bonchev–Trinajstić information content (AvgIpc) is 2.70. The van der Waals surface area contributed by atoms with E-state index in [0.717, 1.165) is 0 Å². The molecule has 0 bridgehead atoms. The molecule has 2 rings (SSSR count). The van der Waals surface area contributed by atoms with E-state index in [1.54, 1.807) is 12.1 Å². The summed E-state index contributed by atoms with van der Waals surface area (Å²) >= 11 is 3.13. The van der Waals surface area contributed by atoms with Crippen LogP contribution in [0, 0.1) is 10.1 Å². The van der Waals surface area contributed by atoms with Gasteiger partial charge in [0.1, 0.15) is 0 Å². The molecule has 0 amide bonds. The number of rotatable bonds is 2. The molecule has 2 aromatic rings. The van der Waals surface area contributed by atoms with Crippen LogP contribution < -0.4 is 0 Å². The van der Waals surface area contributed by atoms with Crippen molar-refractivity contribution in [1.82, 2.24) is 4.98 Å². The molecule has 0 atom stereocenters. The first-order chi connectivity index (χ1) is 7.18. The fourth-order valence-electron chi connectivity index (χ4n) is 1.17. The van der Waals surface area contributed by atoms with Gasteiger partial charge in [-0.2, -0.15) is 0 Å². The molecule has 0 fully saturated rings. The van der Waals surface area contributed by atoms with Crippen LogP contribution in [0.2, 0.25) is 0 Å². The van der Waals surface area contributed by atoms with Crippen molar-refractivity contribution in [2.24, 2.45) is 0 Å². The van der Waals surface area contributed by atoms with Gasteiger partial charge in [0, 0.05) is 16.7 Å². The number of hydrogen-bond acceptors (Lipinski definition) is 4. The molecule has 0 aliphatic heterocycles. The van der Waals surface area contributed by atoms with E-state index in [9.17, 15) is 10.1 Å². The summed E-state index contributed by atoms with van der Waals surface area (Å²) in [5.74, 6) is 0.384. The van der Waals surface area contributed by atoms with E-state index in [0.29, 0.717) is 10.2 Å². The van der Waals surface area contributed by atoms with Crippen LogP contribution in [-0.4, -0.2) is 9.91 Å². The molecule has 0 aliphatic rings. The third-order valence-corrected chi connectivity index (χ3v) is 2.22. The zero-order chi connectivity index (χ0) is 10.8. The molecule has 0 radical (unpaired) electrons. The number of halogens is 1. The molecule has 2 aromatic heterocycles. The predicted molar refractivity (Wildman–Crippen MR) is 56.3 cm³/mol. The van der Waals surface area contributed by atoms with Gasteiger partial charge in [-0.15, -0.1) is 0 Å². The van der Waals surface area contributed by atoms with Gasteiger partial charge in [-0.25, -0.2) is 4.98 Å². The van der Waals surface area contributed by atoms with Crippen LogP contribution >= 0.6 is 15.9 Å². The highest BCUT2D eigenvalue weighted by atomic mass is 79.9. The number of furan rings is 1. The Bertz CT molecular complexity index is 496. The SMILES string of the molecule is O=[N+]([O-])c1cc(Br)cnc1-c1ccco1. The Morgan fingerprint density at radius 3 is 2.93 bits per heavy atom. The molecule has 5 nitrogen and oxygen atoms in total. The summed E-state index contributed by atoms with van der Waals surface area (Å²) in [6.45, 7) is 0. The molecular formula is C9H5BrN2O3. The van der Waals surface area contributed by atoms with E-state index in [1.165, 1.54) is 18.5 Å². The van der Waals surface area contributed by atoms with E-state index < -0.39 is 4.92 Å². The maximum absolute atomic E-state index is 10.8. The van der Waals surface area contributed by atoms with Gasteiger partial charge in [-0.1, -0.05) is 0 Å². The molecule has 15 heavy (non-hydrogen) atoms. The Labute approximate surface area is 93.0 Å². The summed E-state index contributed by atoms with van der Waals surface area (Å²) in [6, 6.07) is 4.68. The van der Waals surface area contributed by atoms with Crippen molar-refractivity contribution in [1.29, 1.82) is 0 Å². The predicted octanol–water partition coefficient (Wildman–Crippen LogP) is 3.01. The second kappa shape index (κ2) is 3.82. The third kappa shape index (κ3) is 1.89. The first-order valence-corrected chi connectivity index (χ1v) is 4.81. The monoisotopic (exact) mass is 268 g/mol. The smallest absolute Gasteiger partial charge is 0.299 e. The van der Waals surface area contributed by atoms with Crippen molar-refractivity contribution in [2.45, 2.75) is 0 Å². The van der Waals surface area contributed by atoms with Crippen LogP contribution in [-0.2, 0) is 0 Å². The highest BCUT2D eigenvalue weighted by molar-refractivity contribution is 9.10. The van der Waals surface area contributed by atoms with Crippen molar-refractivity contribution in [3.05, 3.63) is 45.2 Å². The minimum atomic E-state index is -0.490. The van der Waals surface area contributed by atoms with Crippen LogP contribution in [0.15, 0.2) is 39.5 Å². The van der Waals surface area contributed by atoms with E-state index in [-0.39, 0.29) is 11.4 Å². The normalized spacial score (nSPS) is 10.2. The Hall–Kier alpha value is -1.69. The average molecular weight is 269 g/mol. The van der Waals surface area contributed by atoms with Gasteiger partial charge in [-0.05, 0) is 28.1 Å². The van der Waals surface area contributed by atoms with E-state index in [4.69, 9.17) is 4.42 Å². The number of nitro groups is 1. The largest absolute Gasteiger partial charge is 0.462 e. The zero-order valence-corrected chi connectivity index (χ0v) is 8.97. The van der Waals surface area contributed by atoms with Gasteiger partial charge in [-0.3, -0.25) is 10.1 Å². The zero-order valence-electron chi connectivity index (χ0n) is 7.38. The number of aromatic nitrogens is 1. The van der Waals surface area contributed by atoms with E-state index in [1.807, 2.05) is 0 Å². The van der Waals surface area contributed by atoms with E-state index >= 15 is 0 Å². The third-order valence-electron chi connectivity index (χ3n) is 1.79. The summed E-state index contributed by atoms with van der Waals surface area (Å²) < 4.78 is 5.63. The lowest BCUT2D eigenvalue weighted by atomic mass is 10.2. The molecular weight excluding hydrogens is 264 g/mol. The van der Waals surface area contributed by atoms with Crippen molar-refractivity contribution >= 4 is 21.6 Å². The van der Waals surface area contributed by atoms with Crippen LogP contribution in [0.5, 0.6) is 0 Å². The molecule has 0 unspecified atom stereocenters. The Morgan fingerprint density at radius 1 is 1.53 bits per heavy atom. The molecule has 0 aliphatic carbocycles. The summed E-state index contributed by atoms with van der Waals surface area (Å²) in [5.41, 5.74) is 0.146. The quantitative estimate of drug-likeness (QED) is 0.620. The van der Waals surface area contributed by atoms with Crippen molar-refractivity contribution in [2.75, 3.05) is 0 Å². The second-order valence-electron chi connectivity index (χ2n) is 2.76. The fourth-order valence-corrected chi connectivity index (χ4v) is 1.49. The lowest BCUT2D eigenvalue weighted by Crippen LogP contribution is -1.93. The summed E-state index contributed by atoms with van der Waals surface area (Å²) in [4.78, 5) is 14.2. The standard InChI is InChI=1S/C9H5BrN2O3/c10-6-4-7(12(13)14)9(11-5-6)8-2-1-3-15-8/h1-5H. The first-order valence-electron chi connectivity index (χ1n) is 4.02. The molecule has 0 spiro atoms. The molecule has 76 valence electrons. The number of nitrogens with zero attached hydrogens (tertiary/aromatic N) is 2. The van der Waals surface area contributed by atoms with Crippen LogP contribution in [0.3, 0.4) is 0 Å². The van der Waals surface area contributed by atoms with E-state index in [2.05, 4.69) is 20.9 Å². The Kier molecular flexibility index (Phi) is 2.51. The molecule has 0 saturated heterocycles. The summed E-state index contributed by atoms with van der Waals surface area (Å²) in [7, 11) is 0. The minimum Gasteiger partial charge on any atom is -0.462 e. The Balaban J connectivity index is 2.61. The summed E-state index contributed by atoms with van der Waals surface area (Å²) in [6.07, 6.45) is 2.94. The number of pyridine rings is 1. The van der Waals surface area contributed by atoms with Crippen molar-refractivity contribution < 1.29 is 9.34 Å². The second-order valence-corrected chi connectivity index (χ2v) is 3.67. The van der Waals surface area contributed by atoms with Gasteiger partial charge in [0.05, 0.1) is 11.2 Å². The lowest BCUT2D eigenvalue weighted by Gasteiger charge is -1.98. The van der Waals surface area contributed by atoms with Crippen LogP contribution in [0.1, 0.15) is 0 Å². The van der Waals surface area contributed by atoms with Gasteiger partial charge in [0.2, 0.25) is 0 Å². The Morgan fingerprint density at radius 2 is 2.33 bits per heavy atom. The first kappa shape index (κ1) is 9.85. The summed E-state index contributed by atoms with van der Waals surface area (Å²) in [5, 5.41) is 10.8.